The minimum Gasteiger partial charge on any atom is -0.487 e. The average molecular weight is 720 g/mol. The van der Waals surface area contributed by atoms with Crippen molar-refractivity contribution in [3.63, 3.8) is 0 Å². The molecule has 0 aliphatic rings. The van der Waals surface area contributed by atoms with Gasteiger partial charge in [-0.3, -0.25) is 19.5 Å². The minimum absolute atomic E-state index is 0.0327. The number of benzene rings is 3. The van der Waals surface area contributed by atoms with Gasteiger partial charge in [0.05, 0.1) is 17.1 Å². The number of amides is 3. The van der Waals surface area contributed by atoms with Gasteiger partial charge in [-0.2, -0.15) is 5.10 Å². The molecule has 0 spiro atoms. The second kappa shape index (κ2) is 14.8. The molecule has 0 aliphatic carbocycles. The van der Waals surface area contributed by atoms with Crippen LogP contribution in [0.3, 0.4) is 0 Å². The average Bonchev–Trinajstić information content (AvgIpc) is 3.50. The Morgan fingerprint density at radius 1 is 0.960 bits per heavy atom. The number of ether oxygens (including phenoxy) is 1. The Hall–Kier alpha value is -5.13. The third-order valence-corrected chi connectivity index (χ3v) is 8.59. The van der Waals surface area contributed by atoms with E-state index in [9.17, 15) is 18.8 Å². The van der Waals surface area contributed by atoms with E-state index in [-0.39, 0.29) is 35.2 Å². The van der Waals surface area contributed by atoms with Crippen LogP contribution in [0.1, 0.15) is 59.2 Å². The largest absolute Gasteiger partial charge is 0.487 e. The van der Waals surface area contributed by atoms with Crippen molar-refractivity contribution in [2.45, 2.75) is 53.2 Å². The molecule has 2 aromatic heterocycles. The lowest BCUT2D eigenvalue weighted by Crippen LogP contribution is -2.29. The molecule has 50 heavy (non-hydrogen) atoms. The zero-order valence-electron chi connectivity index (χ0n) is 28.5. The van der Waals surface area contributed by atoms with Gasteiger partial charge in [0.2, 0.25) is 0 Å². The number of aromatic nitrogens is 3. The summed E-state index contributed by atoms with van der Waals surface area (Å²) in [6.07, 6.45) is 0. The molecule has 0 atom stereocenters. The first-order chi connectivity index (χ1) is 23.7. The second-order valence-electron chi connectivity index (χ2n) is 12.8. The molecule has 0 fully saturated rings. The summed E-state index contributed by atoms with van der Waals surface area (Å²) in [7, 11) is 1.53. The van der Waals surface area contributed by atoms with Crippen LogP contribution in [0.25, 0.3) is 11.4 Å². The fraction of sp³-hybridized carbons (Fsp3) is 0.243. The van der Waals surface area contributed by atoms with Crippen LogP contribution < -0.4 is 26.2 Å². The van der Waals surface area contributed by atoms with Crippen LogP contribution in [-0.2, 0) is 18.6 Å². The number of pyridine rings is 1. The molecule has 260 valence electrons. The van der Waals surface area contributed by atoms with Crippen LogP contribution in [0.15, 0.2) is 77.6 Å². The lowest BCUT2D eigenvalue weighted by Gasteiger charge is -2.17. The van der Waals surface area contributed by atoms with Gasteiger partial charge in [0, 0.05) is 47.4 Å². The van der Waals surface area contributed by atoms with Crippen LogP contribution in [0.2, 0.25) is 10.0 Å². The second-order valence-corrected chi connectivity index (χ2v) is 13.6. The maximum Gasteiger partial charge on any atom is 0.320 e. The zero-order valence-corrected chi connectivity index (χ0v) is 30.0. The van der Waals surface area contributed by atoms with E-state index in [1.165, 1.54) is 23.7 Å². The lowest BCUT2D eigenvalue weighted by atomic mass is 9.92. The monoisotopic (exact) mass is 718 g/mol. The van der Waals surface area contributed by atoms with Crippen molar-refractivity contribution in [1.29, 1.82) is 0 Å². The van der Waals surface area contributed by atoms with Crippen molar-refractivity contribution >= 4 is 41.0 Å². The molecule has 0 bridgehead atoms. The highest BCUT2D eigenvalue weighted by Gasteiger charge is 2.22. The summed E-state index contributed by atoms with van der Waals surface area (Å²) < 4.78 is 23.4. The standard InChI is InChI=1S/C37H37Cl2FN6O4/c1-21-10-11-23(34(47)41-6)16-29(21)45-22(2)14-30(33(39)35(45)48)50-20-24-12-13-27(40)15-25(24)19-42-36(49)43-32-18-31(37(3,4)5)44-46(32)28-9-7-8-26(38)17-28/h7-18H,19-20H2,1-6H3,(H,41,47)(H2,42,43,49). The summed E-state index contributed by atoms with van der Waals surface area (Å²) in [5.41, 5.74) is 3.83. The number of hydrogen-bond acceptors (Lipinski definition) is 5. The number of carbonyl (C=O) groups excluding carboxylic acids is 2. The molecule has 13 heteroatoms. The molecule has 0 saturated heterocycles. The number of nitrogens with zero attached hydrogens (tertiary/aromatic N) is 3. The smallest absolute Gasteiger partial charge is 0.320 e. The van der Waals surface area contributed by atoms with E-state index in [1.807, 2.05) is 33.8 Å². The third-order valence-electron chi connectivity index (χ3n) is 8.00. The first-order valence-electron chi connectivity index (χ1n) is 15.7. The first-order valence-corrected chi connectivity index (χ1v) is 16.5. The SMILES string of the molecule is CNC(=O)c1ccc(C)c(-n2c(C)cc(OCc3ccc(F)cc3CNC(=O)Nc3cc(C(C)(C)C)nn3-c3cccc(Cl)c3)c(Cl)c2=O)c1. The summed E-state index contributed by atoms with van der Waals surface area (Å²) in [5.74, 6) is -0.224. The van der Waals surface area contributed by atoms with E-state index in [0.717, 1.165) is 11.3 Å². The van der Waals surface area contributed by atoms with Crippen molar-refractivity contribution in [3.05, 3.63) is 133 Å². The predicted octanol–water partition coefficient (Wildman–Crippen LogP) is 7.64. The van der Waals surface area contributed by atoms with Crippen LogP contribution in [0.5, 0.6) is 5.75 Å². The number of halogens is 3. The summed E-state index contributed by atoms with van der Waals surface area (Å²) in [5, 5.41) is 13.3. The molecule has 3 aromatic carbocycles. The molecule has 0 saturated carbocycles. The number of carbonyl (C=O) groups is 2. The maximum atomic E-state index is 14.4. The van der Waals surface area contributed by atoms with Gasteiger partial charge in [-0.25, -0.2) is 13.9 Å². The maximum absolute atomic E-state index is 14.4. The van der Waals surface area contributed by atoms with Crippen LogP contribution >= 0.6 is 23.2 Å². The number of rotatable bonds is 9. The van der Waals surface area contributed by atoms with Gasteiger partial charge < -0.3 is 15.4 Å². The van der Waals surface area contributed by atoms with Crippen LogP contribution in [0.4, 0.5) is 15.0 Å². The lowest BCUT2D eigenvalue weighted by molar-refractivity contribution is 0.0963. The highest BCUT2D eigenvalue weighted by Crippen LogP contribution is 2.28. The highest BCUT2D eigenvalue weighted by molar-refractivity contribution is 6.32. The Kier molecular flexibility index (Phi) is 10.7. The van der Waals surface area contributed by atoms with Crippen molar-refractivity contribution in [3.8, 4) is 17.1 Å². The predicted molar refractivity (Wildman–Crippen MR) is 194 cm³/mol. The van der Waals surface area contributed by atoms with Gasteiger partial charge in [-0.15, -0.1) is 0 Å². The minimum atomic E-state index is -0.539. The molecule has 5 rings (SSSR count). The molecule has 10 nitrogen and oxygen atoms in total. The van der Waals surface area contributed by atoms with E-state index in [0.29, 0.717) is 44.6 Å². The van der Waals surface area contributed by atoms with Gasteiger partial charge in [-0.05, 0) is 73.0 Å². The van der Waals surface area contributed by atoms with Crippen LogP contribution in [-0.4, -0.2) is 33.3 Å². The van der Waals surface area contributed by atoms with E-state index in [1.54, 1.807) is 66.2 Å². The number of urea groups is 1. The molecular formula is C37H37Cl2FN6O4. The molecular weight excluding hydrogens is 682 g/mol. The molecule has 0 aliphatic heterocycles. The Bertz CT molecular complexity index is 2160. The summed E-state index contributed by atoms with van der Waals surface area (Å²) in [6.45, 7) is 9.51. The number of aryl methyl sites for hydroxylation is 2. The quantitative estimate of drug-likeness (QED) is 0.145. The molecule has 2 heterocycles. The third kappa shape index (κ3) is 8.01. The van der Waals surface area contributed by atoms with Crippen LogP contribution in [0, 0.1) is 19.7 Å². The topological polar surface area (TPSA) is 119 Å². The zero-order chi connectivity index (χ0) is 36.3. The number of hydrogen-bond donors (Lipinski definition) is 3. The normalized spacial score (nSPS) is 11.3. The molecule has 5 aromatic rings. The van der Waals surface area contributed by atoms with Gasteiger partial charge in [0.1, 0.15) is 29.0 Å². The Morgan fingerprint density at radius 2 is 1.72 bits per heavy atom. The summed E-state index contributed by atoms with van der Waals surface area (Å²) in [6, 6.07) is 19.2. The van der Waals surface area contributed by atoms with E-state index >= 15 is 0 Å². The molecule has 3 amide bonds. The summed E-state index contributed by atoms with van der Waals surface area (Å²) in [4.78, 5) is 38.9. The number of nitrogens with one attached hydrogen (secondary N) is 3. The summed E-state index contributed by atoms with van der Waals surface area (Å²) >= 11 is 12.8. The van der Waals surface area contributed by atoms with E-state index < -0.39 is 17.4 Å². The fourth-order valence-corrected chi connectivity index (χ4v) is 5.63. The van der Waals surface area contributed by atoms with Gasteiger partial charge in [0.15, 0.2) is 0 Å². The Morgan fingerprint density at radius 3 is 2.42 bits per heavy atom. The first kappa shape index (κ1) is 36.2. The molecule has 0 radical (unpaired) electrons. The van der Waals surface area contributed by atoms with Gasteiger partial charge in [-0.1, -0.05) is 62.2 Å². The van der Waals surface area contributed by atoms with Crippen molar-refractivity contribution < 1.29 is 18.7 Å². The Labute approximate surface area is 299 Å². The fourth-order valence-electron chi connectivity index (χ4n) is 5.25. The molecule has 0 unspecified atom stereocenters. The van der Waals surface area contributed by atoms with Crippen molar-refractivity contribution in [2.24, 2.45) is 0 Å². The van der Waals surface area contributed by atoms with Crippen molar-refractivity contribution in [2.75, 3.05) is 12.4 Å². The van der Waals surface area contributed by atoms with Gasteiger partial charge >= 0.3 is 6.03 Å². The highest BCUT2D eigenvalue weighted by atomic mass is 35.5. The number of anilines is 1. The van der Waals surface area contributed by atoms with E-state index in [2.05, 4.69) is 16.0 Å². The van der Waals surface area contributed by atoms with Gasteiger partial charge in [0.25, 0.3) is 11.5 Å². The molecule has 3 N–H and O–H groups in total. The Balaban J connectivity index is 1.33. The van der Waals surface area contributed by atoms with E-state index in [4.69, 9.17) is 33.0 Å². The van der Waals surface area contributed by atoms with Crippen molar-refractivity contribution in [1.82, 2.24) is 25.0 Å².